The average molecular weight is 356 g/mol. The van der Waals surface area contributed by atoms with Gasteiger partial charge >= 0.3 is 6.18 Å². The predicted octanol–water partition coefficient (Wildman–Crippen LogP) is 5.23. The molecule has 0 aliphatic carbocycles. The Balaban J connectivity index is 2.15. The maximum absolute atomic E-state index is 13.9. The predicted molar refractivity (Wildman–Crippen MR) is 82.8 cm³/mol. The van der Waals surface area contributed by atoms with Crippen LogP contribution in [0.1, 0.15) is 15.9 Å². The van der Waals surface area contributed by atoms with Gasteiger partial charge in [-0.3, -0.25) is 4.79 Å². The molecule has 0 unspecified atom stereocenters. The number of halogens is 5. The molecule has 0 bridgehead atoms. The van der Waals surface area contributed by atoms with Crippen molar-refractivity contribution in [2.75, 3.05) is 0 Å². The summed E-state index contributed by atoms with van der Waals surface area (Å²) < 4.78 is 53.7. The van der Waals surface area contributed by atoms with Gasteiger partial charge in [0.2, 0.25) is 0 Å². The molecule has 0 saturated heterocycles. The minimum absolute atomic E-state index is 0.0862. The van der Waals surface area contributed by atoms with Crippen molar-refractivity contribution in [3.8, 4) is 0 Å². The van der Waals surface area contributed by atoms with Crippen LogP contribution in [0.3, 0.4) is 0 Å². The van der Waals surface area contributed by atoms with Crippen LogP contribution in [0.4, 0.5) is 17.6 Å². The van der Waals surface area contributed by atoms with Gasteiger partial charge in [0.25, 0.3) is 5.78 Å². The molecular weight excluding hydrogens is 346 g/mol. The number of hydrogen-bond donors (Lipinski definition) is 0. The highest BCUT2D eigenvalue weighted by molar-refractivity contribution is 6.31. The third-order valence-electron chi connectivity index (χ3n) is 3.68. The van der Waals surface area contributed by atoms with Crippen LogP contribution in [-0.2, 0) is 6.54 Å². The van der Waals surface area contributed by atoms with Gasteiger partial charge in [0.05, 0.1) is 12.1 Å². The summed E-state index contributed by atoms with van der Waals surface area (Å²) in [6, 6.07) is 10.3. The summed E-state index contributed by atoms with van der Waals surface area (Å²) in [5, 5.41) is 0.323. The Hall–Kier alpha value is -2.34. The lowest BCUT2D eigenvalue weighted by Gasteiger charge is -2.08. The molecule has 24 heavy (non-hydrogen) atoms. The molecule has 1 aromatic heterocycles. The highest BCUT2D eigenvalue weighted by Crippen LogP contribution is 2.30. The monoisotopic (exact) mass is 355 g/mol. The molecule has 3 aromatic rings. The Morgan fingerprint density at radius 1 is 1.08 bits per heavy atom. The van der Waals surface area contributed by atoms with Crippen molar-refractivity contribution < 1.29 is 22.4 Å². The largest absolute Gasteiger partial charge is 0.454 e. The van der Waals surface area contributed by atoms with Gasteiger partial charge in [-0.15, -0.1) is 0 Å². The zero-order valence-electron chi connectivity index (χ0n) is 12.1. The number of carbonyl (C=O) groups excluding carboxylic acids is 1. The Morgan fingerprint density at radius 2 is 1.79 bits per heavy atom. The number of alkyl halides is 3. The SMILES string of the molecule is O=C(c1cn(Cc2c(F)cccc2Cl)c2ccccc12)C(F)(F)F. The minimum Gasteiger partial charge on any atom is -0.342 e. The standard InChI is InChI=1S/C17H10ClF4NO/c18-13-5-3-6-14(19)12(13)9-23-8-11(16(24)17(20,21)22)10-4-1-2-7-15(10)23/h1-8H,9H2. The summed E-state index contributed by atoms with van der Waals surface area (Å²) in [7, 11) is 0. The van der Waals surface area contributed by atoms with Crippen molar-refractivity contribution in [3.63, 3.8) is 0 Å². The molecule has 7 heteroatoms. The molecule has 3 rings (SSSR count). The van der Waals surface area contributed by atoms with Gasteiger partial charge in [-0.05, 0) is 18.2 Å². The third kappa shape index (κ3) is 2.89. The molecule has 0 amide bonds. The van der Waals surface area contributed by atoms with E-state index in [0.717, 1.165) is 6.20 Å². The molecule has 1 heterocycles. The van der Waals surface area contributed by atoms with E-state index in [1.165, 1.54) is 34.9 Å². The summed E-state index contributed by atoms with van der Waals surface area (Å²) in [4.78, 5) is 11.6. The van der Waals surface area contributed by atoms with E-state index in [1.54, 1.807) is 12.1 Å². The summed E-state index contributed by atoms with van der Waals surface area (Å²) >= 11 is 5.97. The van der Waals surface area contributed by atoms with Crippen molar-refractivity contribution >= 4 is 28.3 Å². The van der Waals surface area contributed by atoms with E-state index in [2.05, 4.69) is 0 Å². The number of para-hydroxylation sites is 1. The van der Waals surface area contributed by atoms with Crippen molar-refractivity contribution in [2.45, 2.75) is 12.7 Å². The van der Waals surface area contributed by atoms with E-state index in [4.69, 9.17) is 11.6 Å². The lowest BCUT2D eigenvalue weighted by Crippen LogP contribution is -2.22. The van der Waals surface area contributed by atoms with Crippen LogP contribution in [0, 0.1) is 5.82 Å². The molecule has 0 N–H and O–H groups in total. The molecule has 0 saturated carbocycles. The number of nitrogens with zero attached hydrogens (tertiary/aromatic N) is 1. The van der Waals surface area contributed by atoms with Crippen molar-refractivity contribution in [3.05, 3.63) is 70.6 Å². The first kappa shape index (κ1) is 16.5. The Bertz CT molecular complexity index is 910. The van der Waals surface area contributed by atoms with Gasteiger partial charge in [0.1, 0.15) is 5.82 Å². The maximum atomic E-state index is 13.9. The van der Waals surface area contributed by atoms with E-state index in [9.17, 15) is 22.4 Å². The first-order chi connectivity index (χ1) is 11.3. The fraction of sp³-hybridized carbons (Fsp3) is 0.118. The summed E-state index contributed by atoms with van der Waals surface area (Å²) in [6.45, 7) is -0.0862. The van der Waals surface area contributed by atoms with Gasteiger partial charge in [0, 0.05) is 27.7 Å². The van der Waals surface area contributed by atoms with Crippen LogP contribution in [0.5, 0.6) is 0 Å². The molecule has 2 aromatic carbocycles. The minimum atomic E-state index is -4.98. The zero-order chi connectivity index (χ0) is 17.5. The number of fused-ring (bicyclic) bond motifs is 1. The second-order valence-electron chi connectivity index (χ2n) is 5.21. The smallest absolute Gasteiger partial charge is 0.342 e. The second-order valence-corrected chi connectivity index (χ2v) is 5.62. The lowest BCUT2D eigenvalue weighted by atomic mass is 10.1. The van der Waals surface area contributed by atoms with Gasteiger partial charge in [0.15, 0.2) is 0 Å². The quantitative estimate of drug-likeness (QED) is 0.466. The molecule has 0 fully saturated rings. The van der Waals surface area contributed by atoms with Gasteiger partial charge in [-0.1, -0.05) is 35.9 Å². The number of carbonyl (C=O) groups is 1. The van der Waals surface area contributed by atoms with Crippen molar-refractivity contribution in [1.82, 2.24) is 4.57 Å². The molecule has 0 radical (unpaired) electrons. The summed E-state index contributed by atoms with van der Waals surface area (Å²) in [5.74, 6) is -2.50. The summed E-state index contributed by atoms with van der Waals surface area (Å²) in [5.41, 5.74) is 0.0703. The fourth-order valence-corrected chi connectivity index (χ4v) is 2.79. The average Bonchev–Trinajstić information content (AvgIpc) is 2.88. The number of ketones is 1. The van der Waals surface area contributed by atoms with E-state index in [1.807, 2.05) is 0 Å². The second kappa shape index (κ2) is 5.94. The van der Waals surface area contributed by atoms with Gasteiger partial charge < -0.3 is 4.57 Å². The molecule has 2 nitrogen and oxygen atoms in total. The van der Waals surface area contributed by atoms with Crippen LogP contribution in [0.25, 0.3) is 10.9 Å². The first-order valence-corrected chi connectivity index (χ1v) is 7.29. The number of Topliss-reactive ketones (excluding diaryl/α,β-unsaturated/α-hetero) is 1. The number of aromatic nitrogens is 1. The van der Waals surface area contributed by atoms with Gasteiger partial charge in [-0.2, -0.15) is 13.2 Å². The van der Waals surface area contributed by atoms with Crippen LogP contribution in [-0.4, -0.2) is 16.5 Å². The van der Waals surface area contributed by atoms with Crippen LogP contribution >= 0.6 is 11.6 Å². The van der Waals surface area contributed by atoms with E-state index >= 15 is 0 Å². The molecular formula is C17H10ClF4NO. The van der Waals surface area contributed by atoms with Crippen LogP contribution in [0.2, 0.25) is 5.02 Å². The summed E-state index contributed by atoms with van der Waals surface area (Å²) in [6.07, 6.45) is -3.89. The molecule has 0 aliphatic heterocycles. The first-order valence-electron chi connectivity index (χ1n) is 6.91. The highest BCUT2D eigenvalue weighted by atomic mass is 35.5. The Labute approximate surface area is 139 Å². The fourth-order valence-electron chi connectivity index (χ4n) is 2.56. The Morgan fingerprint density at radius 3 is 2.46 bits per heavy atom. The van der Waals surface area contributed by atoms with Crippen LogP contribution < -0.4 is 0 Å². The van der Waals surface area contributed by atoms with Crippen LogP contribution in [0.15, 0.2) is 48.7 Å². The molecule has 0 aliphatic rings. The molecule has 124 valence electrons. The molecule has 0 spiro atoms. The normalized spacial score (nSPS) is 11.9. The van der Waals surface area contributed by atoms with Crippen molar-refractivity contribution in [1.29, 1.82) is 0 Å². The maximum Gasteiger partial charge on any atom is 0.454 e. The highest BCUT2D eigenvalue weighted by Gasteiger charge is 2.40. The van der Waals surface area contributed by atoms with Crippen molar-refractivity contribution in [2.24, 2.45) is 0 Å². The van der Waals surface area contributed by atoms with E-state index in [0.29, 0.717) is 5.52 Å². The van der Waals surface area contributed by atoms with E-state index in [-0.39, 0.29) is 22.5 Å². The molecule has 0 atom stereocenters. The number of hydrogen-bond acceptors (Lipinski definition) is 1. The van der Waals surface area contributed by atoms with E-state index < -0.39 is 23.3 Å². The zero-order valence-corrected chi connectivity index (χ0v) is 12.8. The third-order valence-corrected chi connectivity index (χ3v) is 4.03. The Kier molecular flexibility index (Phi) is 4.09. The van der Waals surface area contributed by atoms with Gasteiger partial charge in [-0.25, -0.2) is 4.39 Å². The number of rotatable bonds is 3. The number of benzene rings is 2. The topological polar surface area (TPSA) is 22.0 Å². The lowest BCUT2D eigenvalue weighted by molar-refractivity contribution is -0.0884.